The second-order valence-corrected chi connectivity index (χ2v) is 8.95. The summed E-state index contributed by atoms with van der Waals surface area (Å²) in [5, 5.41) is 12.4. The number of aliphatic hydroxyl groups is 1. The van der Waals surface area contributed by atoms with Crippen molar-refractivity contribution in [2.75, 3.05) is 23.3 Å². The lowest BCUT2D eigenvalue weighted by Gasteiger charge is -2.17. The number of aliphatic hydroxyl groups excluding tert-OH is 1. The molecule has 0 fully saturated rings. The van der Waals surface area contributed by atoms with E-state index in [0.29, 0.717) is 16.8 Å². The van der Waals surface area contributed by atoms with E-state index in [9.17, 15) is 22.7 Å². The third kappa shape index (κ3) is 5.88. The average Bonchev–Trinajstić information content (AvgIpc) is 2.77. The second-order valence-electron chi connectivity index (χ2n) is 7.30. The Kier molecular flexibility index (Phi) is 7.67. The topological polar surface area (TPSA) is 105 Å². The largest absolute Gasteiger partial charge is 0.492 e. The molecule has 174 valence electrons. The first-order chi connectivity index (χ1) is 15.7. The van der Waals surface area contributed by atoms with E-state index in [0.717, 1.165) is 6.07 Å². The van der Waals surface area contributed by atoms with Crippen LogP contribution in [0, 0.1) is 12.7 Å². The zero-order chi connectivity index (χ0) is 24.0. The average molecular weight is 473 g/mol. The lowest BCUT2D eigenvalue weighted by atomic mass is 9.99. The van der Waals surface area contributed by atoms with Gasteiger partial charge in [0.1, 0.15) is 16.5 Å². The number of ether oxygens (including phenoxy) is 1. The minimum absolute atomic E-state index is 0.0237. The van der Waals surface area contributed by atoms with Gasteiger partial charge in [-0.2, -0.15) is 0 Å². The molecule has 3 rings (SSSR count). The molecule has 1 amide bonds. The van der Waals surface area contributed by atoms with Gasteiger partial charge in [0.25, 0.3) is 10.0 Å². The van der Waals surface area contributed by atoms with Gasteiger partial charge >= 0.3 is 0 Å². The van der Waals surface area contributed by atoms with E-state index in [1.807, 2.05) is 6.07 Å². The van der Waals surface area contributed by atoms with Crippen molar-refractivity contribution >= 4 is 27.3 Å². The van der Waals surface area contributed by atoms with Crippen LogP contribution in [0.3, 0.4) is 0 Å². The summed E-state index contributed by atoms with van der Waals surface area (Å²) in [4.78, 5) is 12.6. The number of amides is 1. The van der Waals surface area contributed by atoms with Crippen molar-refractivity contribution in [3.05, 3.63) is 83.7 Å². The summed E-state index contributed by atoms with van der Waals surface area (Å²) in [6, 6.07) is 17.0. The van der Waals surface area contributed by atoms with Crippen molar-refractivity contribution < 1.29 is 27.4 Å². The molecule has 0 aliphatic heterocycles. The van der Waals surface area contributed by atoms with Gasteiger partial charge in [-0.15, -0.1) is 0 Å². The van der Waals surface area contributed by atoms with E-state index in [4.69, 9.17) is 4.74 Å². The molecule has 0 saturated carbocycles. The third-order valence-corrected chi connectivity index (χ3v) is 6.35. The number of nitrogens with one attached hydrogen (secondary N) is 2. The third-order valence-electron chi connectivity index (χ3n) is 4.93. The van der Waals surface area contributed by atoms with Crippen LogP contribution >= 0.6 is 0 Å². The standard InChI is InChI=1S/C24H25FN2O5S/c1-3-32-22-14-18(26-24(29)20(15-28)17-7-5-4-6-8-17)11-12-23(22)33(30,31)27-19-10-9-16(2)21(25)13-19/h4-14,20,27-28H,3,15H2,1-2H3,(H,26,29)/t20-/m0/s1. The predicted molar refractivity (Wildman–Crippen MR) is 124 cm³/mol. The van der Waals surface area contributed by atoms with Gasteiger partial charge in [-0.05, 0) is 49.2 Å². The number of benzene rings is 3. The van der Waals surface area contributed by atoms with Gasteiger partial charge in [0.2, 0.25) is 5.91 Å². The van der Waals surface area contributed by atoms with Crippen molar-refractivity contribution in [2.45, 2.75) is 24.7 Å². The number of carbonyl (C=O) groups is 1. The summed E-state index contributed by atoms with van der Waals surface area (Å²) in [6.45, 7) is 3.06. The summed E-state index contributed by atoms with van der Waals surface area (Å²) in [7, 11) is -4.10. The Morgan fingerprint density at radius 2 is 1.76 bits per heavy atom. The molecule has 3 aromatic carbocycles. The number of carbonyl (C=O) groups excluding carboxylic acids is 1. The summed E-state index contributed by atoms with van der Waals surface area (Å²) in [5.41, 5.74) is 1.42. The van der Waals surface area contributed by atoms with E-state index >= 15 is 0 Å². The van der Waals surface area contributed by atoms with Gasteiger partial charge in [0, 0.05) is 11.8 Å². The fourth-order valence-electron chi connectivity index (χ4n) is 3.20. The predicted octanol–water partition coefficient (Wildman–Crippen LogP) is 4.05. The van der Waals surface area contributed by atoms with E-state index in [1.54, 1.807) is 38.1 Å². The summed E-state index contributed by atoms with van der Waals surface area (Å²) in [5.74, 6) is -1.75. The minimum atomic E-state index is -4.10. The van der Waals surface area contributed by atoms with Crippen molar-refractivity contribution in [3.8, 4) is 5.75 Å². The fourth-order valence-corrected chi connectivity index (χ4v) is 4.37. The van der Waals surface area contributed by atoms with Crippen LogP contribution in [-0.4, -0.2) is 32.6 Å². The Morgan fingerprint density at radius 1 is 1.06 bits per heavy atom. The van der Waals surface area contributed by atoms with Crippen LogP contribution < -0.4 is 14.8 Å². The van der Waals surface area contributed by atoms with E-state index < -0.39 is 34.3 Å². The minimum Gasteiger partial charge on any atom is -0.492 e. The van der Waals surface area contributed by atoms with Gasteiger partial charge in [-0.1, -0.05) is 36.4 Å². The zero-order valence-electron chi connectivity index (χ0n) is 18.2. The second kappa shape index (κ2) is 10.5. The smallest absolute Gasteiger partial charge is 0.265 e. The Bertz CT molecular complexity index is 1230. The van der Waals surface area contributed by atoms with Gasteiger partial charge in [0.15, 0.2) is 0 Å². The van der Waals surface area contributed by atoms with Crippen LogP contribution in [-0.2, 0) is 14.8 Å². The maximum Gasteiger partial charge on any atom is 0.265 e. The summed E-state index contributed by atoms with van der Waals surface area (Å²) < 4.78 is 47.5. The van der Waals surface area contributed by atoms with Crippen LogP contribution in [0.25, 0.3) is 0 Å². The van der Waals surface area contributed by atoms with Crippen LogP contribution in [0.4, 0.5) is 15.8 Å². The number of rotatable bonds is 9. The molecule has 0 saturated heterocycles. The number of sulfonamides is 1. The Hall–Kier alpha value is -3.43. The van der Waals surface area contributed by atoms with Crippen LogP contribution in [0.1, 0.15) is 24.0 Å². The molecule has 0 bridgehead atoms. The van der Waals surface area contributed by atoms with Crippen molar-refractivity contribution in [1.82, 2.24) is 0 Å². The fraction of sp³-hybridized carbons (Fsp3) is 0.208. The van der Waals surface area contributed by atoms with Crippen LogP contribution in [0.5, 0.6) is 5.75 Å². The Morgan fingerprint density at radius 3 is 2.39 bits per heavy atom. The van der Waals surface area contributed by atoms with E-state index in [-0.39, 0.29) is 22.9 Å². The lowest BCUT2D eigenvalue weighted by molar-refractivity contribution is -0.118. The Labute approximate surface area is 192 Å². The molecular weight excluding hydrogens is 447 g/mol. The molecule has 0 spiro atoms. The number of halogens is 1. The van der Waals surface area contributed by atoms with Gasteiger partial charge in [-0.25, -0.2) is 12.8 Å². The van der Waals surface area contributed by atoms with Crippen molar-refractivity contribution in [3.63, 3.8) is 0 Å². The van der Waals surface area contributed by atoms with E-state index in [2.05, 4.69) is 10.0 Å². The normalized spacial score (nSPS) is 12.1. The SMILES string of the molecule is CCOc1cc(NC(=O)[C@@H](CO)c2ccccc2)ccc1S(=O)(=O)Nc1ccc(C)c(F)c1. The van der Waals surface area contributed by atoms with Crippen molar-refractivity contribution in [2.24, 2.45) is 0 Å². The van der Waals surface area contributed by atoms with Gasteiger partial charge in [0.05, 0.1) is 24.8 Å². The summed E-state index contributed by atoms with van der Waals surface area (Å²) >= 11 is 0. The monoisotopic (exact) mass is 472 g/mol. The molecule has 1 atom stereocenters. The maximum absolute atomic E-state index is 13.8. The number of hydrogen-bond donors (Lipinski definition) is 3. The Balaban J connectivity index is 1.86. The highest BCUT2D eigenvalue weighted by molar-refractivity contribution is 7.92. The van der Waals surface area contributed by atoms with E-state index in [1.165, 1.54) is 30.3 Å². The molecule has 3 aromatic rings. The molecule has 0 aromatic heterocycles. The number of anilines is 2. The molecule has 0 unspecified atom stereocenters. The first-order valence-corrected chi connectivity index (χ1v) is 11.8. The number of hydrogen-bond acceptors (Lipinski definition) is 5. The first-order valence-electron chi connectivity index (χ1n) is 10.3. The maximum atomic E-state index is 13.8. The van der Waals surface area contributed by atoms with Crippen molar-refractivity contribution in [1.29, 1.82) is 0 Å². The highest BCUT2D eigenvalue weighted by Crippen LogP contribution is 2.30. The molecular formula is C24H25FN2O5S. The molecule has 9 heteroatoms. The first kappa shape index (κ1) is 24.2. The van der Waals surface area contributed by atoms with Crippen LogP contribution in [0.15, 0.2) is 71.6 Å². The number of aryl methyl sites for hydroxylation is 1. The molecule has 0 heterocycles. The molecule has 7 nitrogen and oxygen atoms in total. The molecule has 0 radical (unpaired) electrons. The zero-order valence-corrected chi connectivity index (χ0v) is 19.0. The van der Waals surface area contributed by atoms with Gasteiger partial charge in [-0.3, -0.25) is 9.52 Å². The molecule has 0 aliphatic rings. The lowest BCUT2D eigenvalue weighted by Crippen LogP contribution is -2.24. The quantitative estimate of drug-likeness (QED) is 0.436. The summed E-state index contributed by atoms with van der Waals surface area (Å²) in [6.07, 6.45) is 0. The molecule has 0 aliphatic carbocycles. The molecule has 3 N–H and O–H groups in total. The van der Waals surface area contributed by atoms with Crippen LogP contribution in [0.2, 0.25) is 0 Å². The molecule has 33 heavy (non-hydrogen) atoms. The highest BCUT2D eigenvalue weighted by Gasteiger charge is 2.23. The highest BCUT2D eigenvalue weighted by atomic mass is 32.2. The van der Waals surface area contributed by atoms with Gasteiger partial charge < -0.3 is 15.2 Å².